The second-order valence-corrected chi connectivity index (χ2v) is 4.86. The number of nitrogens with one attached hydrogen (secondary N) is 1. The van der Waals surface area contributed by atoms with E-state index in [0.717, 1.165) is 25.6 Å². The molecular weight excluding hydrogens is 216 g/mol. The lowest BCUT2D eigenvalue weighted by Gasteiger charge is -2.15. The van der Waals surface area contributed by atoms with Gasteiger partial charge in [0.1, 0.15) is 0 Å². The van der Waals surface area contributed by atoms with Crippen LogP contribution in [0.4, 0.5) is 0 Å². The predicted molar refractivity (Wildman–Crippen MR) is 68.9 cm³/mol. The topological polar surface area (TPSA) is 41.6 Å². The molecule has 1 N–H and O–H groups in total. The van der Waals surface area contributed by atoms with Crippen molar-refractivity contribution in [3.8, 4) is 0 Å². The van der Waals surface area contributed by atoms with Gasteiger partial charge in [-0.25, -0.2) is 0 Å². The Kier molecular flexibility index (Phi) is 6.52. The van der Waals surface area contributed by atoms with Crippen LogP contribution in [-0.2, 0) is 9.53 Å². The third-order valence-corrected chi connectivity index (χ3v) is 3.39. The number of esters is 1. The molecule has 1 heterocycles. The normalized spacial score (nSPS) is 22.6. The molecule has 0 aromatic heterocycles. The summed E-state index contributed by atoms with van der Waals surface area (Å²) < 4.78 is 4.97. The lowest BCUT2D eigenvalue weighted by Crippen LogP contribution is -2.32. The van der Waals surface area contributed by atoms with Gasteiger partial charge in [0.25, 0.3) is 0 Å². The molecule has 0 amide bonds. The first-order valence-corrected chi connectivity index (χ1v) is 6.77. The minimum absolute atomic E-state index is 0.0429. The van der Waals surface area contributed by atoms with Gasteiger partial charge in [-0.2, -0.15) is 0 Å². The second kappa shape index (κ2) is 7.67. The van der Waals surface area contributed by atoms with Crippen molar-refractivity contribution in [1.82, 2.24) is 10.2 Å². The minimum Gasteiger partial charge on any atom is -0.466 e. The van der Waals surface area contributed by atoms with Gasteiger partial charge in [0.2, 0.25) is 0 Å². The molecule has 1 fully saturated rings. The largest absolute Gasteiger partial charge is 0.466 e. The van der Waals surface area contributed by atoms with Crippen molar-refractivity contribution >= 4 is 5.97 Å². The molecule has 1 aliphatic heterocycles. The minimum atomic E-state index is -0.0957. The van der Waals surface area contributed by atoms with Crippen molar-refractivity contribution in [3.05, 3.63) is 0 Å². The summed E-state index contributed by atoms with van der Waals surface area (Å²) in [6.07, 6.45) is 1.27. The summed E-state index contributed by atoms with van der Waals surface area (Å²) in [5, 5.41) is 3.38. The SMILES string of the molecule is CCOC(=O)C(C)CNCC1CCN(CC)C1. The second-order valence-electron chi connectivity index (χ2n) is 4.86. The number of carbonyl (C=O) groups is 1. The number of hydrogen-bond acceptors (Lipinski definition) is 4. The molecule has 1 saturated heterocycles. The molecule has 2 atom stereocenters. The molecule has 0 saturated carbocycles. The van der Waals surface area contributed by atoms with E-state index in [1.54, 1.807) is 0 Å². The first-order valence-electron chi connectivity index (χ1n) is 6.77. The van der Waals surface area contributed by atoms with Crippen molar-refractivity contribution in [1.29, 1.82) is 0 Å². The van der Waals surface area contributed by atoms with Crippen molar-refractivity contribution in [2.45, 2.75) is 27.2 Å². The Morgan fingerprint density at radius 1 is 1.53 bits per heavy atom. The van der Waals surface area contributed by atoms with Crippen molar-refractivity contribution in [2.75, 3.05) is 39.3 Å². The Labute approximate surface area is 105 Å². The summed E-state index contributed by atoms with van der Waals surface area (Å²) in [5.41, 5.74) is 0. The third kappa shape index (κ3) is 5.04. The standard InChI is InChI=1S/C13H26N2O2/c1-4-15-7-6-12(10-15)9-14-8-11(3)13(16)17-5-2/h11-12,14H,4-10H2,1-3H3. The molecule has 0 aliphatic carbocycles. The highest BCUT2D eigenvalue weighted by Gasteiger charge is 2.21. The van der Waals surface area contributed by atoms with E-state index in [0.29, 0.717) is 6.61 Å². The van der Waals surface area contributed by atoms with Crippen molar-refractivity contribution in [2.24, 2.45) is 11.8 Å². The summed E-state index contributed by atoms with van der Waals surface area (Å²) in [6, 6.07) is 0. The smallest absolute Gasteiger partial charge is 0.309 e. The fraction of sp³-hybridized carbons (Fsp3) is 0.923. The molecule has 2 unspecified atom stereocenters. The highest BCUT2D eigenvalue weighted by Crippen LogP contribution is 2.14. The Morgan fingerprint density at radius 3 is 2.88 bits per heavy atom. The lowest BCUT2D eigenvalue weighted by atomic mass is 10.1. The average Bonchev–Trinajstić information content (AvgIpc) is 2.77. The number of nitrogens with zero attached hydrogens (tertiary/aromatic N) is 1. The van der Waals surface area contributed by atoms with Crippen LogP contribution in [0.1, 0.15) is 27.2 Å². The van der Waals surface area contributed by atoms with Crippen LogP contribution in [0.2, 0.25) is 0 Å². The molecule has 4 heteroatoms. The lowest BCUT2D eigenvalue weighted by molar-refractivity contribution is -0.147. The van der Waals surface area contributed by atoms with Crippen molar-refractivity contribution < 1.29 is 9.53 Å². The van der Waals surface area contributed by atoms with Gasteiger partial charge < -0.3 is 15.0 Å². The molecule has 0 aromatic carbocycles. The fourth-order valence-electron chi connectivity index (χ4n) is 2.24. The molecule has 0 spiro atoms. The predicted octanol–water partition coefficient (Wildman–Crippen LogP) is 1.12. The van der Waals surface area contributed by atoms with Gasteiger partial charge in [0.05, 0.1) is 12.5 Å². The van der Waals surface area contributed by atoms with Gasteiger partial charge >= 0.3 is 5.97 Å². The maximum atomic E-state index is 11.4. The molecular formula is C13H26N2O2. The van der Waals surface area contributed by atoms with E-state index < -0.39 is 0 Å². The van der Waals surface area contributed by atoms with Gasteiger partial charge in [-0.1, -0.05) is 13.8 Å². The van der Waals surface area contributed by atoms with E-state index in [1.165, 1.54) is 19.5 Å². The van der Waals surface area contributed by atoms with E-state index in [1.807, 2.05) is 13.8 Å². The number of ether oxygens (including phenoxy) is 1. The molecule has 0 radical (unpaired) electrons. The molecule has 17 heavy (non-hydrogen) atoms. The molecule has 4 nitrogen and oxygen atoms in total. The maximum absolute atomic E-state index is 11.4. The van der Waals surface area contributed by atoms with Crippen LogP contribution >= 0.6 is 0 Å². The van der Waals surface area contributed by atoms with Crippen LogP contribution in [0.25, 0.3) is 0 Å². The van der Waals surface area contributed by atoms with E-state index in [9.17, 15) is 4.79 Å². The summed E-state index contributed by atoms with van der Waals surface area (Å²) in [7, 11) is 0. The molecule has 0 aromatic rings. The van der Waals surface area contributed by atoms with Crippen LogP contribution in [0.3, 0.4) is 0 Å². The van der Waals surface area contributed by atoms with Crippen LogP contribution in [0.5, 0.6) is 0 Å². The number of carbonyl (C=O) groups excluding carboxylic acids is 1. The average molecular weight is 242 g/mol. The highest BCUT2D eigenvalue weighted by atomic mass is 16.5. The molecule has 100 valence electrons. The van der Waals surface area contributed by atoms with Gasteiger partial charge in [0, 0.05) is 13.1 Å². The Morgan fingerprint density at radius 2 is 2.29 bits per heavy atom. The third-order valence-electron chi connectivity index (χ3n) is 3.39. The summed E-state index contributed by atoms with van der Waals surface area (Å²) in [4.78, 5) is 13.9. The Hall–Kier alpha value is -0.610. The van der Waals surface area contributed by atoms with Gasteiger partial charge in [-0.15, -0.1) is 0 Å². The van der Waals surface area contributed by atoms with Gasteiger partial charge in [-0.05, 0) is 38.9 Å². The van der Waals surface area contributed by atoms with Crippen LogP contribution in [0, 0.1) is 11.8 Å². The zero-order valence-corrected chi connectivity index (χ0v) is 11.4. The molecule has 0 bridgehead atoms. The molecule has 1 rings (SSSR count). The summed E-state index contributed by atoms with van der Waals surface area (Å²) in [6.45, 7) is 11.7. The van der Waals surface area contributed by atoms with E-state index >= 15 is 0 Å². The van der Waals surface area contributed by atoms with Gasteiger partial charge in [-0.3, -0.25) is 4.79 Å². The van der Waals surface area contributed by atoms with E-state index in [-0.39, 0.29) is 11.9 Å². The first kappa shape index (κ1) is 14.5. The monoisotopic (exact) mass is 242 g/mol. The van der Waals surface area contributed by atoms with Crippen LogP contribution < -0.4 is 5.32 Å². The Bertz CT molecular complexity index is 233. The van der Waals surface area contributed by atoms with E-state index in [2.05, 4.69) is 17.1 Å². The summed E-state index contributed by atoms with van der Waals surface area (Å²) in [5.74, 6) is 0.601. The number of rotatable bonds is 7. The quantitative estimate of drug-likeness (QED) is 0.679. The Balaban J connectivity index is 2.09. The van der Waals surface area contributed by atoms with Crippen LogP contribution in [-0.4, -0.2) is 50.2 Å². The summed E-state index contributed by atoms with van der Waals surface area (Å²) >= 11 is 0. The zero-order valence-electron chi connectivity index (χ0n) is 11.4. The molecule has 1 aliphatic rings. The fourth-order valence-corrected chi connectivity index (χ4v) is 2.24. The van der Waals surface area contributed by atoms with Crippen LogP contribution in [0.15, 0.2) is 0 Å². The van der Waals surface area contributed by atoms with Crippen molar-refractivity contribution in [3.63, 3.8) is 0 Å². The van der Waals surface area contributed by atoms with Gasteiger partial charge in [0.15, 0.2) is 0 Å². The number of likely N-dealkylation sites (tertiary alicyclic amines) is 1. The van der Waals surface area contributed by atoms with E-state index in [4.69, 9.17) is 4.74 Å². The highest BCUT2D eigenvalue weighted by molar-refractivity contribution is 5.72. The first-order chi connectivity index (χ1) is 8.17. The maximum Gasteiger partial charge on any atom is 0.309 e. The number of hydrogen-bond donors (Lipinski definition) is 1. The zero-order chi connectivity index (χ0) is 12.7.